The number of aryl methyl sites for hydroxylation is 1. The Morgan fingerprint density at radius 1 is 1.24 bits per heavy atom. The van der Waals surface area contributed by atoms with Crippen molar-refractivity contribution in [2.24, 2.45) is 12.5 Å². The molecule has 1 aromatic carbocycles. The minimum Gasteiger partial charge on any atom is -0.274 e. The van der Waals surface area contributed by atoms with Gasteiger partial charge in [0.25, 0.3) is 0 Å². The maximum atomic E-state index is 6.50. The summed E-state index contributed by atoms with van der Waals surface area (Å²) < 4.78 is 3.74. The van der Waals surface area contributed by atoms with E-state index in [0.717, 1.165) is 21.6 Å². The molecule has 2 aliphatic carbocycles. The third-order valence-corrected chi connectivity index (χ3v) is 5.41. The van der Waals surface area contributed by atoms with Crippen LogP contribution >= 0.6 is 11.6 Å². The Kier molecular flexibility index (Phi) is 2.07. The van der Waals surface area contributed by atoms with Gasteiger partial charge in [-0.15, -0.1) is 0 Å². The van der Waals surface area contributed by atoms with Crippen molar-refractivity contribution in [2.45, 2.75) is 25.2 Å². The first-order chi connectivity index (χ1) is 10.2. The molecule has 0 N–H and O–H groups in total. The van der Waals surface area contributed by atoms with E-state index in [1.54, 1.807) is 4.68 Å². The summed E-state index contributed by atoms with van der Waals surface area (Å²) in [4.78, 5) is 0. The molecule has 5 heteroatoms. The molecule has 21 heavy (non-hydrogen) atoms. The third-order valence-electron chi connectivity index (χ3n) is 5.08. The fourth-order valence-corrected chi connectivity index (χ4v) is 3.86. The molecule has 3 aromatic rings. The first-order valence-electron chi connectivity index (χ1n) is 7.32. The zero-order valence-corrected chi connectivity index (χ0v) is 12.5. The van der Waals surface area contributed by atoms with E-state index in [4.69, 9.17) is 11.6 Å². The molecule has 2 fully saturated rings. The van der Waals surface area contributed by atoms with Crippen molar-refractivity contribution in [1.29, 1.82) is 0 Å². The van der Waals surface area contributed by atoms with E-state index in [1.165, 1.54) is 24.8 Å². The van der Waals surface area contributed by atoms with Gasteiger partial charge in [-0.2, -0.15) is 10.2 Å². The SMILES string of the molecule is Cn1cc(-n2ncc3cc(Cl)c(C4CC45CC5)cc32)cn1. The molecule has 5 rings (SSSR count). The molecule has 0 amide bonds. The van der Waals surface area contributed by atoms with Crippen molar-refractivity contribution in [3.05, 3.63) is 41.3 Å². The number of hydrogen-bond donors (Lipinski definition) is 0. The number of aromatic nitrogens is 4. The van der Waals surface area contributed by atoms with Crippen LogP contribution < -0.4 is 0 Å². The van der Waals surface area contributed by atoms with Crippen LogP contribution in [0.1, 0.15) is 30.7 Å². The lowest BCUT2D eigenvalue weighted by Gasteiger charge is -2.06. The monoisotopic (exact) mass is 298 g/mol. The summed E-state index contributed by atoms with van der Waals surface area (Å²) >= 11 is 6.50. The molecule has 0 radical (unpaired) electrons. The fourth-order valence-electron chi connectivity index (χ4n) is 3.55. The molecular weight excluding hydrogens is 284 g/mol. The van der Waals surface area contributed by atoms with Gasteiger partial charge in [0.05, 0.1) is 24.1 Å². The maximum absolute atomic E-state index is 6.50. The standard InChI is InChI=1S/C16H15ClN4/c1-20-9-11(8-18-20)21-15-5-12(13-6-16(13)2-3-16)14(17)4-10(15)7-19-21/h4-5,7-9,13H,2-3,6H2,1H3. The van der Waals surface area contributed by atoms with E-state index in [9.17, 15) is 0 Å². The van der Waals surface area contributed by atoms with Gasteiger partial charge in [0.1, 0.15) is 5.69 Å². The van der Waals surface area contributed by atoms with Crippen molar-refractivity contribution in [3.63, 3.8) is 0 Å². The van der Waals surface area contributed by atoms with Crippen molar-refractivity contribution in [1.82, 2.24) is 19.6 Å². The zero-order valence-electron chi connectivity index (χ0n) is 11.8. The highest BCUT2D eigenvalue weighted by Crippen LogP contribution is 2.75. The van der Waals surface area contributed by atoms with Crippen molar-refractivity contribution in [2.75, 3.05) is 0 Å². The molecule has 0 aliphatic heterocycles. The second kappa shape index (κ2) is 3.69. The molecule has 2 saturated carbocycles. The van der Waals surface area contributed by atoms with Crippen molar-refractivity contribution < 1.29 is 0 Å². The predicted molar refractivity (Wildman–Crippen MR) is 81.9 cm³/mol. The molecule has 2 aromatic heterocycles. The number of halogens is 1. The molecule has 1 unspecified atom stereocenters. The van der Waals surface area contributed by atoms with Gasteiger partial charge in [-0.3, -0.25) is 4.68 Å². The van der Waals surface area contributed by atoms with Gasteiger partial charge in [0, 0.05) is 17.5 Å². The molecule has 0 bridgehead atoms. The van der Waals surface area contributed by atoms with E-state index >= 15 is 0 Å². The maximum Gasteiger partial charge on any atom is 0.103 e. The highest BCUT2D eigenvalue weighted by atomic mass is 35.5. The van der Waals surface area contributed by atoms with Crippen LogP contribution in [0, 0.1) is 5.41 Å². The molecule has 4 nitrogen and oxygen atoms in total. The van der Waals surface area contributed by atoms with Gasteiger partial charge in [-0.05, 0) is 48.3 Å². The lowest BCUT2D eigenvalue weighted by Crippen LogP contribution is -1.95. The Hall–Kier alpha value is -1.81. The summed E-state index contributed by atoms with van der Waals surface area (Å²) in [7, 11) is 1.92. The molecule has 2 aliphatic rings. The van der Waals surface area contributed by atoms with Gasteiger partial charge in [0.2, 0.25) is 0 Å². The highest BCUT2D eigenvalue weighted by Gasteiger charge is 2.63. The molecule has 1 atom stereocenters. The smallest absolute Gasteiger partial charge is 0.103 e. The second-order valence-corrected chi connectivity index (χ2v) is 6.89. The van der Waals surface area contributed by atoms with E-state index < -0.39 is 0 Å². The van der Waals surface area contributed by atoms with Gasteiger partial charge in [-0.25, -0.2) is 4.68 Å². The van der Waals surface area contributed by atoms with Gasteiger partial charge >= 0.3 is 0 Å². The summed E-state index contributed by atoms with van der Waals surface area (Å²) in [5.74, 6) is 0.659. The first-order valence-corrected chi connectivity index (χ1v) is 7.70. The Labute approximate surface area is 127 Å². The summed E-state index contributed by atoms with van der Waals surface area (Å²) in [5, 5.41) is 10.7. The zero-order chi connectivity index (χ0) is 14.2. The normalized spacial score (nSPS) is 22.1. The lowest BCUT2D eigenvalue weighted by atomic mass is 10.1. The van der Waals surface area contributed by atoms with Crippen LogP contribution in [0.3, 0.4) is 0 Å². The van der Waals surface area contributed by atoms with Crippen LogP contribution in [0.2, 0.25) is 5.02 Å². The first kappa shape index (κ1) is 11.8. The summed E-state index contributed by atoms with van der Waals surface area (Å²) in [6, 6.07) is 4.29. The van der Waals surface area contributed by atoms with E-state index in [2.05, 4.69) is 22.3 Å². The molecule has 1 spiro atoms. The van der Waals surface area contributed by atoms with Gasteiger partial charge in [-0.1, -0.05) is 11.6 Å². The fraction of sp³-hybridized carbons (Fsp3) is 0.375. The Morgan fingerprint density at radius 2 is 2.10 bits per heavy atom. The van der Waals surface area contributed by atoms with Crippen LogP contribution in [0.25, 0.3) is 16.6 Å². The van der Waals surface area contributed by atoms with E-state index in [1.807, 2.05) is 30.3 Å². The van der Waals surface area contributed by atoms with Crippen molar-refractivity contribution in [3.8, 4) is 5.69 Å². The molecule has 0 saturated heterocycles. The molecule has 2 heterocycles. The minimum atomic E-state index is 0.608. The Balaban J connectivity index is 1.69. The van der Waals surface area contributed by atoms with Crippen LogP contribution in [-0.4, -0.2) is 19.6 Å². The van der Waals surface area contributed by atoms with Gasteiger partial charge in [0.15, 0.2) is 0 Å². The summed E-state index contributed by atoms with van der Waals surface area (Å²) in [6.45, 7) is 0. The number of fused-ring (bicyclic) bond motifs is 1. The quantitative estimate of drug-likeness (QED) is 0.723. The Morgan fingerprint density at radius 3 is 2.76 bits per heavy atom. The Bertz CT molecular complexity index is 872. The van der Waals surface area contributed by atoms with Crippen LogP contribution in [0.15, 0.2) is 30.7 Å². The highest BCUT2D eigenvalue weighted by molar-refractivity contribution is 6.32. The topological polar surface area (TPSA) is 35.6 Å². The van der Waals surface area contributed by atoms with Crippen molar-refractivity contribution >= 4 is 22.5 Å². The van der Waals surface area contributed by atoms with E-state index in [0.29, 0.717) is 11.3 Å². The number of nitrogens with zero attached hydrogens (tertiary/aromatic N) is 4. The molecular formula is C16H15ClN4. The number of rotatable bonds is 2. The van der Waals surface area contributed by atoms with Gasteiger partial charge < -0.3 is 0 Å². The largest absolute Gasteiger partial charge is 0.274 e. The lowest BCUT2D eigenvalue weighted by molar-refractivity contribution is 0.766. The predicted octanol–water partition coefficient (Wildman–Crippen LogP) is 3.68. The summed E-state index contributed by atoms with van der Waals surface area (Å²) in [6.07, 6.45) is 9.72. The molecule has 106 valence electrons. The van der Waals surface area contributed by atoms with Crippen LogP contribution in [-0.2, 0) is 7.05 Å². The third kappa shape index (κ3) is 1.62. The van der Waals surface area contributed by atoms with Crippen LogP contribution in [0.4, 0.5) is 0 Å². The average Bonchev–Trinajstić information content (AvgIpc) is 3.29. The number of benzene rings is 1. The average molecular weight is 299 g/mol. The minimum absolute atomic E-state index is 0.608. The number of hydrogen-bond acceptors (Lipinski definition) is 2. The van der Waals surface area contributed by atoms with Crippen LogP contribution in [0.5, 0.6) is 0 Å². The van der Waals surface area contributed by atoms with E-state index in [-0.39, 0.29) is 0 Å². The second-order valence-electron chi connectivity index (χ2n) is 6.48. The summed E-state index contributed by atoms with van der Waals surface area (Å²) in [5.41, 5.74) is 4.01.